The van der Waals surface area contributed by atoms with Gasteiger partial charge in [-0.2, -0.15) is 0 Å². The monoisotopic (exact) mass is 589 g/mol. The van der Waals surface area contributed by atoms with E-state index < -0.39 is 17.5 Å². The number of carbonyl (C=O) groups is 4. The van der Waals surface area contributed by atoms with Crippen LogP contribution < -0.4 is 5.32 Å². The van der Waals surface area contributed by atoms with Crippen molar-refractivity contribution in [2.75, 3.05) is 27.2 Å². The van der Waals surface area contributed by atoms with Gasteiger partial charge in [-0.25, -0.2) is 0 Å². The van der Waals surface area contributed by atoms with E-state index in [0.717, 1.165) is 32.2 Å². The van der Waals surface area contributed by atoms with Gasteiger partial charge in [-0.1, -0.05) is 47.1 Å². The smallest absolute Gasteiger partial charge is 0.249 e. The van der Waals surface area contributed by atoms with Gasteiger partial charge in [-0.05, 0) is 78.2 Å². The molecule has 1 N–H and O–H groups in total. The van der Waals surface area contributed by atoms with Gasteiger partial charge in [0.15, 0.2) is 0 Å². The van der Waals surface area contributed by atoms with Crippen LogP contribution in [0.3, 0.4) is 0 Å². The van der Waals surface area contributed by atoms with Gasteiger partial charge in [0.05, 0.1) is 12.1 Å². The average Bonchev–Trinajstić information content (AvgIpc) is 3.41. The number of piperidine rings is 1. The van der Waals surface area contributed by atoms with Crippen LogP contribution >= 0.6 is 0 Å². The van der Waals surface area contributed by atoms with E-state index >= 15 is 0 Å². The van der Waals surface area contributed by atoms with Crippen molar-refractivity contribution in [3.8, 4) is 0 Å². The molecule has 240 valence electrons. The van der Waals surface area contributed by atoms with Crippen LogP contribution in [-0.2, 0) is 19.2 Å². The molecule has 0 spiro atoms. The highest BCUT2D eigenvalue weighted by molar-refractivity contribution is 5.97. The molecule has 4 amide bonds. The Kier molecular flexibility index (Phi) is 12.6. The maximum absolute atomic E-state index is 14.1. The molecule has 0 aliphatic carbocycles. The maximum Gasteiger partial charge on any atom is 0.249 e. The summed E-state index contributed by atoms with van der Waals surface area (Å²) >= 11 is 0. The molecule has 2 saturated heterocycles. The van der Waals surface area contributed by atoms with Crippen molar-refractivity contribution in [2.45, 2.75) is 138 Å². The summed E-state index contributed by atoms with van der Waals surface area (Å²) in [7, 11) is 3.54. The Morgan fingerprint density at radius 1 is 0.857 bits per heavy atom. The quantitative estimate of drug-likeness (QED) is 0.388. The first kappa shape index (κ1) is 35.8. The van der Waals surface area contributed by atoms with Crippen molar-refractivity contribution in [1.82, 2.24) is 24.9 Å². The molecular formula is C33H59N5O4. The number of nitrogens with one attached hydrogen (secondary N) is 1. The minimum atomic E-state index is -0.719. The third-order valence-corrected chi connectivity index (χ3v) is 9.07. The second kappa shape index (κ2) is 14.8. The first-order chi connectivity index (χ1) is 19.4. The topological polar surface area (TPSA) is 93.3 Å². The predicted octanol–water partition coefficient (Wildman–Crippen LogP) is 4.07. The molecule has 2 heterocycles. The standard InChI is InChI=1S/C33H59N5O4/c1-21(2)27(20-24(7)30(40)38-19-15-17-26(38)31(41)35(11)22(3)4)36(12)32(42)28(33(8,9)10)34-29(39)25-16-13-14-18-37(25)23(5)6/h20-23,25-28H,13-19H2,1-12H3,(H,34,39)/b24-20+/t25-,26?,27-,28?/m1/s1. The van der Waals surface area contributed by atoms with E-state index in [-0.39, 0.29) is 53.7 Å². The number of nitrogens with zero attached hydrogens (tertiary/aromatic N) is 4. The molecule has 2 unspecified atom stereocenters. The lowest BCUT2D eigenvalue weighted by molar-refractivity contribution is -0.142. The van der Waals surface area contributed by atoms with Crippen molar-refractivity contribution < 1.29 is 19.2 Å². The zero-order valence-electron chi connectivity index (χ0n) is 28.5. The van der Waals surface area contributed by atoms with Crippen LogP contribution in [0.15, 0.2) is 11.6 Å². The molecule has 4 atom stereocenters. The zero-order valence-corrected chi connectivity index (χ0v) is 28.5. The zero-order chi connectivity index (χ0) is 32.1. The summed E-state index contributed by atoms with van der Waals surface area (Å²) < 4.78 is 0. The van der Waals surface area contributed by atoms with E-state index in [0.29, 0.717) is 18.5 Å². The van der Waals surface area contributed by atoms with E-state index in [1.807, 2.05) is 54.5 Å². The summed E-state index contributed by atoms with van der Waals surface area (Å²) in [6.45, 7) is 21.3. The molecular weight excluding hydrogens is 530 g/mol. The summed E-state index contributed by atoms with van der Waals surface area (Å²) in [5.74, 6) is -0.443. The van der Waals surface area contributed by atoms with Crippen molar-refractivity contribution in [3.05, 3.63) is 11.6 Å². The van der Waals surface area contributed by atoms with Crippen molar-refractivity contribution in [3.63, 3.8) is 0 Å². The lowest BCUT2D eigenvalue weighted by Gasteiger charge is -2.41. The number of likely N-dealkylation sites (tertiary alicyclic amines) is 2. The van der Waals surface area contributed by atoms with Gasteiger partial charge >= 0.3 is 0 Å². The third kappa shape index (κ3) is 8.57. The third-order valence-electron chi connectivity index (χ3n) is 9.07. The van der Waals surface area contributed by atoms with Gasteiger partial charge in [0.25, 0.3) is 0 Å². The highest BCUT2D eigenvalue weighted by Gasteiger charge is 2.41. The van der Waals surface area contributed by atoms with E-state index in [4.69, 9.17) is 0 Å². The molecule has 0 radical (unpaired) electrons. The minimum Gasteiger partial charge on any atom is -0.342 e. The summed E-state index contributed by atoms with van der Waals surface area (Å²) in [5.41, 5.74) is 0.00592. The lowest BCUT2D eigenvalue weighted by Crippen LogP contribution is -2.60. The molecule has 2 fully saturated rings. The minimum absolute atomic E-state index is 0.0240. The maximum atomic E-state index is 14.1. The number of hydrogen-bond acceptors (Lipinski definition) is 5. The highest BCUT2D eigenvalue weighted by Crippen LogP contribution is 2.27. The van der Waals surface area contributed by atoms with E-state index in [1.165, 1.54) is 0 Å². The van der Waals surface area contributed by atoms with Gasteiger partial charge in [0.1, 0.15) is 12.1 Å². The Morgan fingerprint density at radius 3 is 1.98 bits per heavy atom. The Balaban J connectivity index is 2.28. The fourth-order valence-electron chi connectivity index (χ4n) is 6.15. The van der Waals surface area contributed by atoms with Crippen LogP contribution in [0, 0.1) is 11.3 Å². The second-order valence-corrected chi connectivity index (χ2v) is 14.4. The number of rotatable bonds is 10. The van der Waals surface area contributed by atoms with Gasteiger partial charge in [-0.15, -0.1) is 0 Å². The Hall–Kier alpha value is -2.42. The molecule has 0 saturated carbocycles. The van der Waals surface area contributed by atoms with Crippen LogP contribution in [0.25, 0.3) is 0 Å². The molecule has 9 heteroatoms. The number of carbonyl (C=O) groups excluding carboxylic acids is 4. The summed E-state index contributed by atoms with van der Waals surface area (Å²) in [6.07, 6.45) is 6.17. The largest absolute Gasteiger partial charge is 0.342 e. The van der Waals surface area contributed by atoms with Crippen LogP contribution in [0.5, 0.6) is 0 Å². The van der Waals surface area contributed by atoms with Gasteiger partial charge in [0.2, 0.25) is 23.6 Å². The number of amides is 4. The molecule has 0 bridgehead atoms. The van der Waals surface area contributed by atoms with Gasteiger partial charge in [0, 0.05) is 38.3 Å². The molecule has 42 heavy (non-hydrogen) atoms. The summed E-state index contributed by atoms with van der Waals surface area (Å²) in [4.78, 5) is 61.7. The number of likely N-dealkylation sites (N-methyl/N-ethyl adjacent to an activating group) is 2. The molecule has 2 aliphatic rings. The van der Waals surface area contributed by atoms with Crippen LogP contribution in [0.2, 0.25) is 0 Å². The van der Waals surface area contributed by atoms with Crippen LogP contribution in [-0.4, -0.2) is 107 Å². The Labute approximate surface area is 255 Å². The molecule has 2 aliphatic heterocycles. The molecule has 0 aromatic heterocycles. The lowest BCUT2D eigenvalue weighted by atomic mass is 9.84. The first-order valence-electron chi connectivity index (χ1n) is 16.0. The molecule has 2 rings (SSSR count). The van der Waals surface area contributed by atoms with Crippen molar-refractivity contribution in [1.29, 1.82) is 0 Å². The first-order valence-corrected chi connectivity index (χ1v) is 16.0. The summed E-state index contributed by atoms with van der Waals surface area (Å²) in [5, 5.41) is 3.13. The molecule has 0 aromatic rings. The Bertz CT molecular complexity index is 999. The van der Waals surface area contributed by atoms with E-state index in [9.17, 15) is 19.2 Å². The van der Waals surface area contributed by atoms with Crippen LogP contribution in [0.1, 0.15) is 101 Å². The van der Waals surface area contributed by atoms with Gasteiger partial charge < -0.3 is 20.0 Å². The number of hydrogen-bond donors (Lipinski definition) is 1. The molecule has 9 nitrogen and oxygen atoms in total. The summed E-state index contributed by atoms with van der Waals surface area (Å²) in [6, 6.07) is -1.48. The molecule has 0 aromatic carbocycles. The highest BCUT2D eigenvalue weighted by atomic mass is 16.2. The Morgan fingerprint density at radius 2 is 1.45 bits per heavy atom. The fraction of sp³-hybridized carbons (Fsp3) is 0.818. The average molecular weight is 590 g/mol. The predicted molar refractivity (Wildman–Crippen MR) is 169 cm³/mol. The second-order valence-electron chi connectivity index (χ2n) is 14.4. The van der Waals surface area contributed by atoms with Crippen LogP contribution in [0.4, 0.5) is 0 Å². The van der Waals surface area contributed by atoms with E-state index in [2.05, 4.69) is 24.1 Å². The van der Waals surface area contributed by atoms with Gasteiger partial charge in [-0.3, -0.25) is 24.1 Å². The van der Waals surface area contributed by atoms with Crippen molar-refractivity contribution >= 4 is 23.6 Å². The van der Waals surface area contributed by atoms with Crippen molar-refractivity contribution in [2.24, 2.45) is 11.3 Å². The normalized spacial score (nSPS) is 22.0. The van der Waals surface area contributed by atoms with E-state index in [1.54, 1.807) is 35.7 Å². The SMILES string of the molecule is C/C(=C\[C@H](C(C)C)N(C)C(=O)C(NC(=O)[C@H]1CCCCN1C(C)C)C(C)(C)C)C(=O)N1CCCC1C(=O)N(C)C(C)C. The fourth-order valence-corrected chi connectivity index (χ4v) is 6.15.